The predicted octanol–water partition coefficient (Wildman–Crippen LogP) is 2.94. The van der Waals surface area contributed by atoms with Crippen LogP contribution in [0.4, 0.5) is 26.3 Å². The van der Waals surface area contributed by atoms with Gasteiger partial charge in [0.05, 0.1) is 11.1 Å². The Morgan fingerprint density at radius 2 is 1.52 bits per heavy atom. The lowest BCUT2D eigenvalue weighted by atomic mass is 9.99. The summed E-state index contributed by atoms with van der Waals surface area (Å²) < 4.78 is 75.7. The third-order valence-electron chi connectivity index (χ3n) is 2.73. The summed E-state index contributed by atoms with van der Waals surface area (Å²) in [4.78, 5) is 10.8. The molecule has 1 aromatic rings. The zero-order valence-electron chi connectivity index (χ0n) is 10.6. The van der Waals surface area contributed by atoms with Gasteiger partial charge in [0.1, 0.15) is 6.04 Å². The predicted molar refractivity (Wildman–Crippen MR) is 60.6 cm³/mol. The van der Waals surface area contributed by atoms with Crippen LogP contribution in [0.15, 0.2) is 18.2 Å². The van der Waals surface area contributed by atoms with E-state index in [4.69, 9.17) is 5.11 Å². The van der Waals surface area contributed by atoms with E-state index in [1.54, 1.807) is 0 Å². The van der Waals surface area contributed by atoms with Crippen LogP contribution in [0.3, 0.4) is 0 Å². The van der Waals surface area contributed by atoms with Crippen molar-refractivity contribution in [2.75, 3.05) is 7.05 Å². The molecule has 1 atom stereocenters. The molecule has 0 aliphatic carbocycles. The van der Waals surface area contributed by atoms with Gasteiger partial charge in [-0.05, 0) is 37.2 Å². The smallest absolute Gasteiger partial charge is 0.416 e. The fraction of sp³-hybridized carbons (Fsp3) is 0.417. The van der Waals surface area contributed by atoms with E-state index in [2.05, 4.69) is 5.32 Å². The van der Waals surface area contributed by atoms with Gasteiger partial charge in [0.2, 0.25) is 0 Å². The number of benzene rings is 1. The average molecular weight is 315 g/mol. The number of hydrogen-bond donors (Lipinski definition) is 2. The zero-order valence-corrected chi connectivity index (χ0v) is 10.6. The molecule has 0 aliphatic heterocycles. The van der Waals surface area contributed by atoms with Gasteiger partial charge in [-0.1, -0.05) is 0 Å². The molecule has 0 aliphatic rings. The summed E-state index contributed by atoms with van der Waals surface area (Å²) in [5.41, 5.74) is -3.29. The highest BCUT2D eigenvalue weighted by atomic mass is 19.4. The normalized spacial score (nSPS) is 14.0. The van der Waals surface area contributed by atoms with Gasteiger partial charge in [-0.15, -0.1) is 0 Å². The summed E-state index contributed by atoms with van der Waals surface area (Å²) in [6, 6.07) is -0.251. The van der Waals surface area contributed by atoms with Crippen LogP contribution in [0, 0.1) is 0 Å². The van der Waals surface area contributed by atoms with Crippen molar-refractivity contribution in [2.45, 2.75) is 24.8 Å². The molecule has 3 nitrogen and oxygen atoms in total. The molecule has 118 valence electrons. The molecule has 2 N–H and O–H groups in total. The summed E-state index contributed by atoms with van der Waals surface area (Å²) >= 11 is 0. The number of rotatable bonds is 4. The fourth-order valence-corrected chi connectivity index (χ4v) is 1.69. The molecule has 0 amide bonds. The second kappa shape index (κ2) is 5.92. The van der Waals surface area contributed by atoms with E-state index in [9.17, 15) is 31.1 Å². The number of carboxylic acid groups (broad SMARTS) is 1. The molecule has 1 aromatic carbocycles. The highest BCUT2D eigenvalue weighted by Gasteiger charge is 2.37. The van der Waals surface area contributed by atoms with Crippen molar-refractivity contribution >= 4 is 5.97 Å². The van der Waals surface area contributed by atoms with Crippen LogP contribution in [0.25, 0.3) is 0 Å². The SMILES string of the molecule is CNC(Cc1cc(C(F)(F)F)cc(C(F)(F)F)c1)C(=O)O. The Kier molecular flexibility index (Phi) is 4.87. The third-order valence-corrected chi connectivity index (χ3v) is 2.73. The van der Waals surface area contributed by atoms with E-state index in [1.165, 1.54) is 7.05 Å². The summed E-state index contributed by atoms with van der Waals surface area (Å²) in [6.45, 7) is 0. The maximum Gasteiger partial charge on any atom is 0.416 e. The minimum absolute atomic E-state index is 0.00134. The molecule has 0 saturated heterocycles. The topological polar surface area (TPSA) is 49.3 Å². The first-order chi connectivity index (χ1) is 9.45. The Balaban J connectivity index is 3.29. The van der Waals surface area contributed by atoms with Crippen molar-refractivity contribution in [3.8, 4) is 0 Å². The number of likely N-dealkylation sites (N-methyl/N-ethyl adjacent to an activating group) is 1. The van der Waals surface area contributed by atoms with Gasteiger partial charge in [-0.2, -0.15) is 26.3 Å². The van der Waals surface area contributed by atoms with Crippen molar-refractivity contribution in [1.82, 2.24) is 5.32 Å². The number of carboxylic acids is 1. The molecule has 0 saturated carbocycles. The summed E-state index contributed by atoms with van der Waals surface area (Å²) in [6.07, 6.45) is -10.4. The minimum atomic E-state index is -4.95. The molecule has 21 heavy (non-hydrogen) atoms. The molecule has 0 spiro atoms. The average Bonchev–Trinajstić information content (AvgIpc) is 2.33. The Labute approximate surface area is 115 Å². The van der Waals surface area contributed by atoms with E-state index >= 15 is 0 Å². The van der Waals surface area contributed by atoms with Crippen LogP contribution < -0.4 is 5.32 Å². The lowest BCUT2D eigenvalue weighted by Gasteiger charge is -2.16. The Bertz CT molecular complexity index is 491. The maximum atomic E-state index is 12.6. The number of alkyl halides is 6. The van der Waals surface area contributed by atoms with Crippen LogP contribution in [-0.4, -0.2) is 24.2 Å². The first-order valence-electron chi connectivity index (χ1n) is 5.63. The molecule has 0 radical (unpaired) electrons. The second-order valence-electron chi connectivity index (χ2n) is 4.30. The molecule has 1 unspecified atom stereocenters. The molecular weight excluding hydrogens is 304 g/mol. The minimum Gasteiger partial charge on any atom is -0.480 e. The van der Waals surface area contributed by atoms with Gasteiger partial charge in [0, 0.05) is 0 Å². The highest BCUT2D eigenvalue weighted by molar-refractivity contribution is 5.73. The molecule has 1 rings (SSSR count). The number of carbonyl (C=O) groups is 1. The largest absolute Gasteiger partial charge is 0.480 e. The quantitative estimate of drug-likeness (QED) is 0.840. The number of nitrogens with one attached hydrogen (secondary N) is 1. The van der Waals surface area contributed by atoms with E-state index in [-0.39, 0.29) is 11.6 Å². The van der Waals surface area contributed by atoms with Crippen LogP contribution in [0.5, 0.6) is 0 Å². The molecule has 9 heteroatoms. The van der Waals surface area contributed by atoms with E-state index in [0.717, 1.165) is 0 Å². The molecule has 0 aromatic heterocycles. The van der Waals surface area contributed by atoms with Gasteiger partial charge in [0.15, 0.2) is 0 Å². The Morgan fingerprint density at radius 1 is 1.10 bits per heavy atom. The van der Waals surface area contributed by atoms with Gasteiger partial charge >= 0.3 is 18.3 Å². The van der Waals surface area contributed by atoms with Crippen LogP contribution in [0.2, 0.25) is 0 Å². The number of aliphatic carboxylic acids is 1. The molecule has 0 fully saturated rings. The standard InChI is InChI=1S/C12H11F6NO2/c1-19-9(10(20)21)4-6-2-7(11(13,14)15)5-8(3-6)12(16,17)18/h2-3,5,9,19H,4H2,1H3,(H,20,21). The van der Waals surface area contributed by atoms with Crippen molar-refractivity contribution in [3.63, 3.8) is 0 Å². The highest BCUT2D eigenvalue weighted by Crippen LogP contribution is 2.36. The first kappa shape index (κ1) is 17.3. The van der Waals surface area contributed by atoms with Crippen LogP contribution in [-0.2, 0) is 23.6 Å². The van der Waals surface area contributed by atoms with Gasteiger partial charge < -0.3 is 10.4 Å². The summed E-state index contributed by atoms with van der Waals surface area (Å²) in [5, 5.41) is 11.1. The van der Waals surface area contributed by atoms with Crippen molar-refractivity contribution in [1.29, 1.82) is 0 Å². The van der Waals surface area contributed by atoms with E-state index in [0.29, 0.717) is 12.1 Å². The van der Waals surface area contributed by atoms with Crippen molar-refractivity contribution < 1.29 is 36.2 Å². The van der Waals surface area contributed by atoms with Gasteiger partial charge in [-0.3, -0.25) is 4.79 Å². The maximum absolute atomic E-state index is 12.6. The Hall–Kier alpha value is -1.77. The van der Waals surface area contributed by atoms with Crippen LogP contribution in [0.1, 0.15) is 16.7 Å². The fourth-order valence-electron chi connectivity index (χ4n) is 1.69. The molecular formula is C12H11F6NO2. The zero-order chi connectivity index (χ0) is 16.4. The summed E-state index contributed by atoms with van der Waals surface area (Å²) in [5.74, 6) is -1.37. The molecule has 0 heterocycles. The van der Waals surface area contributed by atoms with Crippen molar-refractivity contribution in [3.05, 3.63) is 34.9 Å². The van der Waals surface area contributed by atoms with Gasteiger partial charge in [-0.25, -0.2) is 0 Å². The van der Waals surface area contributed by atoms with E-state index < -0.39 is 41.9 Å². The first-order valence-corrected chi connectivity index (χ1v) is 5.63. The van der Waals surface area contributed by atoms with Gasteiger partial charge in [0.25, 0.3) is 0 Å². The third kappa shape index (κ3) is 4.62. The summed E-state index contributed by atoms with van der Waals surface area (Å²) in [7, 11) is 1.25. The lowest BCUT2D eigenvalue weighted by Crippen LogP contribution is -2.35. The molecule has 0 bridgehead atoms. The van der Waals surface area contributed by atoms with E-state index in [1.807, 2.05) is 0 Å². The monoisotopic (exact) mass is 315 g/mol. The lowest BCUT2D eigenvalue weighted by molar-refractivity contribution is -0.143. The Morgan fingerprint density at radius 3 is 1.81 bits per heavy atom. The number of hydrogen-bond acceptors (Lipinski definition) is 2. The second-order valence-corrected chi connectivity index (χ2v) is 4.30. The van der Waals surface area contributed by atoms with Crippen molar-refractivity contribution in [2.24, 2.45) is 0 Å². The van der Waals surface area contributed by atoms with Crippen LogP contribution >= 0.6 is 0 Å². The number of halogens is 6.